The van der Waals surface area contributed by atoms with E-state index in [1.165, 1.54) is 12.1 Å². The highest BCUT2D eigenvalue weighted by molar-refractivity contribution is 7.80. The van der Waals surface area contributed by atoms with Crippen LogP contribution in [0.25, 0.3) is 0 Å². The molecule has 0 saturated heterocycles. The molecule has 0 aliphatic carbocycles. The van der Waals surface area contributed by atoms with E-state index in [4.69, 9.17) is 21.7 Å². The maximum atomic E-state index is 13.3. The van der Waals surface area contributed by atoms with Crippen LogP contribution in [0.3, 0.4) is 0 Å². The Hall–Kier alpha value is -2.34. The van der Waals surface area contributed by atoms with Crippen LogP contribution >= 0.6 is 12.2 Å². The van der Waals surface area contributed by atoms with Crippen molar-refractivity contribution in [1.82, 2.24) is 0 Å². The molecule has 0 unspecified atom stereocenters. The number of aryl methyl sites for hydroxylation is 1. The third kappa shape index (κ3) is 3.28. The van der Waals surface area contributed by atoms with Crippen LogP contribution in [0, 0.1) is 12.7 Å². The lowest BCUT2D eigenvalue weighted by atomic mass is 10.2. The monoisotopic (exact) mass is 318 g/mol. The molecule has 0 saturated carbocycles. The van der Waals surface area contributed by atoms with Gasteiger partial charge in [0.05, 0.1) is 0 Å². The molecule has 0 fully saturated rings. The van der Waals surface area contributed by atoms with Crippen molar-refractivity contribution in [3.63, 3.8) is 0 Å². The van der Waals surface area contributed by atoms with E-state index >= 15 is 0 Å². The molecule has 1 aliphatic rings. The summed E-state index contributed by atoms with van der Waals surface area (Å²) >= 11 is 5.26. The summed E-state index contributed by atoms with van der Waals surface area (Å²) in [5, 5.41) is 6.42. The zero-order chi connectivity index (χ0) is 15.5. The third-order valence-corrected chi connectivity index (χ3v) is 3.45. The van der Waals surface area contributed by atoms with Gasteiger partial charge < -0.3 is 20.1 Å². The number of rotatable bonds is 2. The molecule has 1 aliphatic heterocycles. The summed E-state index contributed by atoms with van der Waals surface area (Å²) in [5.74, 6) is 1.09. The Morgan fingerprint density at radius 1 is 1.05 bits per heavy atom. The standard InChI is InChI=1S/C16H15FN2O2S/c1-10-2-3-11(17)8-13(10)19-16(22)18-12-4-5-14-15(9-12)21-7-6-20-14/h2-5,8-9H,6-7H2,1H3,(H2,18,19,22). The normalized spacial score (nSPS) is 12.6. The molecule has 6 heteroatoms. The van der Waals surface area contributed by atoms with Crippen LogP contribution in [0.2, 0.25) is 0 Å². The van der Waals surface area contributed by atoms with Crippen molar-refractivity contribution in [2.24, 2.45) is 0 Å². The Morgan fingerprint density at radius 2 is 1.82 bits per heavy atom. The maximum absolute atomic E-state index is 13.3. The SMILES string of the molecule is Cc1ccc(F)cc1NC(=S)Nc1ccc2c(c1)OCCO2. The van der Waals surface area contributed by atoms with Gasteiger partial charge in [-0.3, -0.25) is 0 Å². The van der Waals surface area contributed by atoms with Crippen LogP contribution in [0.15, 0.2) is 36.4 Å². The van der Waals surface area contributed by atoms with E-state index in [0.29, 0.717) is 29.8 Å². The number of hydrogen-bond donors (Lipinski definition) is 2. The highest BCUT2D eigenvalue weighted by Crippen LogP contribution is 2.32. The molecule has 4 nitrogen and oxygen atoms in total. The van der Waals surface area contributed by atoms with Crippen LogP contribution in [0.4, 0.5) is 15.8 Å². The first kappa shape index (κ1) is 14.6. The fourth-order valence-corrected chi connectivity index (χ4v) is 2.36. The predicted molar refractivity (Wildman–Crippen MR) is 88.4 cm³/mol. The first-order valence-electron chi connectivity index (χ1n) is 6.85. The summed E-state index contributed by atoms with van der Waals surface area (Å²) in [6, 6.07) is 10.0. The van der Waals surface area contributed by atoms with E-state index in [2.05, 4.69) is 10.6 Å². The summed E-state index contributed by atoms with van der Waals surface area (Å²) in [4.78, 5) is 0. The van der Waals surface area contributed by atoms with Gasteiger partial charge in [-0.25, -0.2) is 4.39 Å². The second-order valence-corrected chi connectivity index (χ2v) is 5.31. The lowest BCUT2D eigenvalue weighted by Crippen LogP contribution is -2.20. The zero-order valence-corrected chi connectivity index (χ0v) is 12.8. The second kappa shape index (κ2) is 6.19. The minimum absolute atomic E-state index is 0.310. The van der Waals surface area contributed by atoms with Crippen LogP contribution < -0.4 is 20.1 Å². The number of halogens is 1. The fraction of sp³-hybridized carbons (Fsp3) is 0.188. The summed E-state index contributed by atoms with van der Waals surface area (Å²) in [6.07, 6.45) is 0. The minimum atomic E-state index is -0.310. The van der Waals surface area contributed by atoms with Gasteiger partial charge in [0, 0.05) is 17.4 Å². The first-order valence-corrected chi connectivity index (χ1v) is 7.26. The van der Waals surface area contributed by atoms with Gasteiger partial charge in [-0.15, -0.1) is 0 Å². The summed E-state index contributed by atoms with van der Waals surface area (Å²) < 4.78 is 24.3. The van der Waals surface area contributed by atoms with E-state index in [9.17, 15) is 4.39 Å². The number of nitrogens with one attached hydrogen (secondary N) is 2. The average molecular weight is 318 g/mol. The van der Waals surface area contributed by atoms with Crippen molar-refractivity contribution in [1.29, 1.82) is 0 Å². The summed E-state index contributed by atoms with van der Waals surface area (Å²) in [6.45, 7) is 2.97. The van der Waals surface area contributed by atoms with Crippen molar-refractivity contribution >= 4 is 28.7 Å². The van der Waals surface area contributed by atoms with Crippen LogP contribution in [0.1, 0.15) is 5.56 Å². The van der Waals surface area contributed by atoms with Crippen molar-refractivity contribution in [2.45, 2.75) is 6.92 Å². The third-order valence-electron chi connectivity index (χ3n) is 3.25. The number of fused-ring (bicyclic) bond motifs is 1. The largest absolute Gasteiger partial charge is 0.486 e. The van der Waals surface area contributed by atoms with Gasteiger partial charge in [0.1, 0.15) is 19.0 Å². The van der Waals surface area contributed by atoms with Crippen molar-refractivity contribution in [3.8, 4) is 11.5 Å². The molecule has 0 atom stereocenters. The Balaban J connectivity index is 1.70. The molecule has 2 aromatic rings. The number of ether oxygens (including phenoxy) is 2. The van der Waals surface area contributed by atoms with Crippen molar-refractivity contribution in [3.05, 3.63) is 47.8 Å². The molecule has 3 rings (SSSR count). The molecular formula is C16H15FN2O2S. The van der Waals surface area contributed by atoms with Crippen LogP contribution in [0.5, 0.6) is 11.5 Å². The topological polar surface area (TPSA) is 42.5 Å². The molecule has 1 heterocycles. The van der Waals surface area contributed by atoms with Gasteiger partial charge in [-0.05, 0) is 49.0 Å². The van der Waals surface area contributed by atoms with Crippen molar-refractivity contribution < 1.29 is 13.9 Å². The Kier molecular flexibility index (Phi) is 4.11. The Labute approximate surface area is 133 Å². The Bertz CT molecular complexity index is 721. The lowest BCUT2D eigenvalue weighted by Gasteiger charge is -2.19. The highest BCUT2D eigenvalue weighted by Gasteiger charge is 2.12. The van der Waals surface area contributed by atoms with Crippen LogP contribution in [-0.2, 0) is 0 Å². The van der Waals surface area contributed by atoms with Crippen LogP contribution in [-0.4, -0.2) is 18.3 Å². The van der Waals surface area contributed by atoms with Gasteiger partial charge in [-0.1, -0.05) is 6.07 Å². The molecule has 2 aromatic carbocycles. The number of thiocarbonyl (C=S) groups is 1. The molecule has 0 amide bonds. The lowest BCUT2D eigenvalue weighted by molar-refractivity contribution is 0.171. The molecule has 0 radical (unpaired) electrons. The molecular weight excluding hydrogens is 303 g/mol. The molecule has 0 spiro atoms. The smallest absolute Gasteiger partial charge is 0.175 e. The van der Waals surface area contributed by atoms with E-state index in [1.807, 2.05) is 25.1 Å². The van der Waals surface area contributed by atoms with E-state index in [-0.39, 0.29) is 5.82 Å². The quantitative estimate of drug-likeness (QED) is 0.826. The predicted octanol–water partition coefficient (Wildman–Crippen LogP) is 3.71. The molecule has 0 bridgehead atoms. The second-order valence-electron chi connectivity index (χ2n) is 4.90. The summed E-state index contributed by atoms with van der Waals surface area (Å²) in [5.41, 5.74) is 2.32. The highest BCUT2D eigenvalue weighted by atomic mass is 32.1. The molecule has 2 N–H and O–H groups in total. The minimum Gasteiger partial charge on any atom is -0.486 e. The van der Waals surface area contributed by atoms with Gasteiger partial charge in [0.25, 0.3) is 0 Å². The molecule has 22 heavy (non-hydrogen) atoms. The molecule has 114 valence electrons. The van der Waals surface area contributed by atoms with E-state index < -0.39 is 0 Å². The average Bonchev–Trinajstić information content (AvgIpc) is 2.51. The fourth-order valence-electron chi connectivity index (χ4n) is 2.13. The Morgan fingerprint density at radius 3 is 2.64 bits per heavy atom. The van der Waals surface area contributed by atoms with Gasteiger partial charge in [-0.2, -0.15) is 0 Å². The van der Waals surface area contributed by atoms with Gasteiger partial charge >= 0.3 is 0 Å². The number of hydrogen-bond acceptors (Lipinski definition) is 3. The van der Waals surface area contributed by atoms with Gasteiger partial charge in [0.15, 0.2) is 16.6 Å². The van der Waals surface area contributed by atoms with E-state index in [0.717, 1.165) is 17.0 Å². The molecule has 0 aromatic heterocycles. The zero-order valence-electron chi connectivity index (χ0n) is 12.0. The summed E-state index contributed by atoms with van der Waals surface area (Å²) in [7, 11) is 0. The van der Waals surface area contributed by atoms with E-state index in [1.54, 1.807) is 6.07 Å². The number of anilines is 2. The first-order chi connectivity index (χ1) is 10.6. The van der Waals surface area contributed by atoms with Crippen molar-refractivity contribution in [2.75, 3.05) is 23.8 Å². The maximum Gasteiger partial charge on any atom is 0.175 e. The number of benzene rings is 2. The van der Waals surface area contributed by atoms with Gasteiger partial charge in [0.2, 0.25) is 0 Å².